The van der Waals surface area contributed by atoms with Crippen molar-refractivity contribution in [2.24, 2.45) is 0 Å². The van der Waals surface area contributed by atoms with Crippen LogP contribution in [0.2, 0.25) is 0 Å². The highest BCUT2D eigenvalue weighted by Crippen LogP contribution is 2.24. The Balaban J connectivity index is 2.22. The molecule has 4 nitrogen and oxygen atoms in total. The van der Waals surface area contributed by atoms with Crippen LogP contribution in [0.15, 0.2) is 29.0 Å². The van der Waals surface area contributed by atoms with Gasteiger partial charge in [0, 0.05) is 23.5 Å². The van der Waals surface area contributed by atoms with Crippen LogP contribution in [0.3, 0.4) is 0 Å². The third-order valence-corrected chi connectivity index (χ3v) is 4.42. The van der Waals surface area contributed by atoms with Crippen molar-refractivity contribution in [1.82, 2.24) is 20.1 Å². The normalized spacial score (nSPS) is 12.6. The third-order valence-electron chi connectivity index (χ3n) is 3.57. The molecule has 2 rings (SSSR count). The fourth-order valence-corrected chi connectivity index (χ4v) is 2.80. The lowest BCUT2D eigenvalue weighted by atomic mass is 10.0. The molecule has 0 bridgehead atoms. The standard InChI is InChI=1S/C16H23BrN4/c1-4-8-21-16(19-11-20-21)10-15(18-5-2)13-7-6-12(3)14(17)9-13/h6-7,9,11,15,18H,4-5,8,10H2,1-3H3. The highest BCUT2D eigenvalue weighted by atomic mass is 79.9. The van der Waals surface area contributed by atoms with Gasteiger partial charge >= 0.3 is 0 Å². The van der Waals surface area contributed by atoms with Gasteiger partial charge in [-0.15, -0.1) is 0 Å². The number of nitrogens with zero attached hydrogens (tertiary/aromatic N) is 3. The molecule has 0 aliphatic carbocycles. The number of nitrogens with one attached hydrogen (secondary N) is 1. The Bertz CT molecular complexity index is 579. The zero-order valence-corrected chi connectivity index (χ0v) is 14.5. The van der Waals surface area contributed by atoms with E-state index in [2.05, 4.69) is 70.3 Å². The molecule has 5 heteroatoms. The lowest BCUT2D eigenvalue weighted by Gasteiger charge is -2.19. The van der Waals surface area contributed by atoms with Gasteiger partial charge in [-0.05, 0) is 37.1 Å². The minimum atomic E-state index is 0.256. The van der Waals surface area contributed by atoms with Crippen molar-refractivity contribution in [2.45, 2.75) is 46.2 Å². The van der Waals surface area contributed by atoms with Gasteiger partial charge in [-0.2, -0.15) is 5.10 Å². The summed E-state index contributed by atoms with van der Waals surface area (Å²) in [7, 11) is 0. The second-order valence-electron chi connectivity index (χ2n) is 5.22. The average molecular weight is 351 g/mol. The van der Waals surface area contributed by atoms with E-state index in [0.717, 1.165) is 36.2 Å². The van der Waals surface area contributed by atoms with Crippen LogP contribution < -0.4 is 5.32 Å². The minimum absolute atomic E-state index is 0.256. The number of halogens is 1. The molecule has 0 saturated heterocycles. The van der Waals surface area contributed by atoms with Gasteiger partial charge in [-0.25, -0.2) is 4.98 Å². The lowest BCUT2D eigenvalue weighted by Crippen LogP contribution is -2.24. The molecular formula is C16H23BrN4. The molecule has 0 aliphatic rings. The highest BCUT2D eigenvalue weighted by molar-refractivity contribution is 9.10. The number of hydrogen-bond acceptors (Lipinski definition) is 3. The summed E-state index contributed by atoms with van der Waals surface area (Å²) in [6.45, 7) is 8.25. The molecule has 0 amide bonds. The predicted molar refractivity (Wildman–Crippen MR) is 89.3 cm³/mol. The lowest BCUT2D eigenvalue weighted by molar-refractivity contribution is 0.498. The summed E-state index contributed by atoms with van der Waals surface area (Å²) < 4.78 is 3.16. The summed E-state index contributed by atoms with van der Waals surface area (Å²) in [6.07, 6.45) is 3.57. The smallest absolute Gasteiger partial charge is 0.138 e. The summed E-state index contributed by atoms with van der Waals surface area (Å²) >= 11 is 3.62. The number of aryl methyl sites for hydroxylation is 2. The molecule has 1 atom stereocenters. The van der Waals surface area contributed by atoms with Gasteiger partial charge in [0.2, 0.25) is 0 Å². The Morgan fingerprint density at radius 3 is 2.81 bits per heavy atom. The van der Waals surface area contributed by atoms with Gasteiger partial charge in [0.15, 0.2) is 0 Å². The maximum atomic E-state index is 4.42. The fraction of sp³-hybridized carbons (Fsp3) is 0.500. The number of rotatable bonds is 7. The first-order valence-electron chi connectivity index (χ1n) is 7.51. The maximum Gasteiger partial charge on any atom is 0.138 e. The zero-order chi connectivity index (χ0) is 15.2. The Morgan fingerprint density at radius 1 is 1.33 bits per heavy atom. The molecule has 1 heterocycles. The Labute approximate surface area is 135 Å². The highest BCUT2D eigenvalue weighted by Gasteiger charge is 2.15. The van der Waals surface area contributed by atoms with Gasteiger partial charge in [-0.1, -0.05) is 41.9 Å². The second kappa shape index (κ2) is 7.71. The molecule has 21 heavy (non-hydrogen) atoms. The van der Waals surface area contributed by atoms with Gasteiger partial charge in [-0.3, -0.25) is 4.68 Å². The van der Waals surface area contributed by atoms with Crippen LogP contribution in [0.25, 0.3) is 0 Å². The van der Waals surface area contributed by atoms with Crippen LogP contribution in [0.4, 0.5) is 0 Å². The van der Waals surface area contributed by atoms with E-state index in [1.807, 2.05) is 4.68 Å². The van der Waals surface area contributed by atoms with Crippen molar-refractivity contribution in [3.63, 3.8) is 0 Å². The van der Waals surface area contributed by atoms with Crippen LogP contribution in [0.1, 0.15) is 43.3 Å². The van der Waals surface area contributed by atoms with Crippen LogP contribution in [0, 0.1) is 6.92 Å². The van der Waals surface area contributed by atoms with Crippen LogP contribution in [0.5, 0.6) is 0 Å². The van der Waals surface area contributed by atoms with Crippen molar-refractivity contribution in [1.29, 1.82) is 0 Å². The Morgan fingerprint density at radius 2 is 2.14 bits per heavy atom. The molecule has 1 aromatic heterocycles. The van der Waals surface area contributed by atoms with Crippen molar-refractivity contribution in [3.05, 3.63) is 46.0 Å². The van der Waals surface area contributed by atoms with Gasteiger partial charge in [0.1, 0.15) is 12.2 Å². The first-order valence-corrected chi connectivity index (χ1v) is 8.31. The van der Waals surface area contributed by atoms with Crippen molar-refractivity contribution in [3.8, 4) is 0 Å². The average Bonchev–Trinajstić information content (AvgIpc) is 2.89. The van der Waals surface area contributed by atoms with Crippen LogP contribution >= 0.6 is 15.9 Å². The van der Waals surface area contributed by atoms with Gasteiger partial charge < -0.3 is 5.32 Å². The van der Waals surface area contributed by atoms with E-state index < -0.39 is 0 Å². The Kier molecular flexibility index (Phi) is 5.94. The molecular weight excluding hydrogens is 328 g/mol. The fourth-order valence-electron chi connectivity index (χ4n) is 2.41. The summed E-state index contributed by atoms with van der Waals surface area (Å²) in [6, 6.07) is 6.80. The van der Waals surface area contributed by atoms with Crippen LogP contribution in [-0.2, 0) is 13.0 Å². The largest absolute Gasteiger partial charge is 0.310 e. The zero-order valence-electron chi connectivity index (χ0n) is 12.9. The molecule has 0 spiro atoms. The van der Waals surface area contributed by atoms with Crippen LogP contribution in [-0.4, -0.2) is 21.3 Å². The quantitative estimate of drug-likeness (QED) is 0.828. The van der Waals surface area contributed by atoms with E-state index in [0.29, 0.717) is 0 Å². The summed E-state index contributed by atoms with van der Waals surface area (Å²) in [5.74, 6) is 1.04. The molecule has 114 valence electrons. The van der Waals surface area contributed by atoms with E-state index in [1.54, 1.807) is 6.33 Å². The predicted octanol–water partition coefficient (Wildman–Crippen LogP) is 3.65. The molecule has 1 aromatic carbocycles. The van der Waals surface area contributed by atoms with Gasteiger partial charge in [0.25, 0.3) is 0 Å². The summed E-state index contributed by atoms with van der Waals surface area (Å²) in [5, 5.41) is 7.86. The first-order chi connectivity index (χ1) is 10.2. The van der Waals surface area contributed by atoms with E-state index >= 15 is 0 Å². The van der Waals surface area contributed by atoms with Crippen molar-refractivity contribution >= 4 is 15.9 Å². The molecule has 2 aromatic rings. The molecule has 0 aliphatic heterocycles. The van der Waals surface area contributed by atoms with Gasteiger partial charge in [0.05, 0.1) is 0 Å². The topological polar surface area (TPSA) is 42.7 Å². The molecule has 0 radical (unpaired) electrons. The van der Waals surface area contributed by atoms with E-state index in [-0.39, 0.29) is 6.04 Å². The molecule has 0 fully saturated rings. The van der Waals surface area contributed by atoms with E-state index in [1.165, 1.54) is 11.1 Å². The second-order valence-corrected chi connectivity index (χ2v) is 6.08. The summed E-state index contributed by atoms with van der Waals surface area (Å²) in [5.41, 5.74) is 2.53. The molecule has 1 unspecified atom stereocenters. The van der Waals surface area contributed by atoms with E-state index in [9.17, 15) is 0 Å². The first kappa shape index (κ1) is 16.2. The summed E-state index contributed by atoms with van der Waals surface area (Å²) in [4.78, 5) is 4.42. The number of aromatic nitrogens is 3. The third kappa shape index (κ3) is 4.14. The van der Waals surface area contributed by atoms with E-state index in [4.69, 9.17) is 0 Å². The van der Waals surface area contributed by atoms with Crippen molar-refractivity contribution < 1.29 is 0 Å². The molecule has 1 N–H and O–H groups in total. The SMILES string of the molecule is CCCn1ncnc1CC(NCC)c1ccc(C)c(Br)c1. The number of hydrogen-bond donors (Lipinski definition) is 1. The Hall–Kier alpha value is -1.20. The monoisotopic (exact) mass is 350 g/mol. The minimum Gasteiger partial charge on any atom is -0.310 e. The maximum absolute atomic E-state index is 4.42. The number of benzene rings is 1. The molecule has 0 saturated carbocycles. The number of likely N-dealkylation sites (N-methyl/N-ethyl adjacent to an activating group) is 1. The van der Waals surface area contributed by atoms with Crippen molar-refractivity contribution in [2.75, 3.05) is 6.54 Å².